The van der Waals surface area contributed by atoms with Crippen LogP contribution in [0.25, 0.3) is 0 Å². The monoisotopic (exact) mass is 361 g/mol. The zero-order valence-electron chi connectivity index (χ0n) is 14.3. The zero-order valence-corrected chi connectivity index (χ0v) is 15.1. The molecule has 3 rings (SSSR count). The summed E-state index contributed by atoms with van der Waals surface area (Å²) in [7, 11) is -4.03. The molecule has 6 nitrogen and oxygen atoms in total. The minimum atomic E-state index is -4.03. The Morgan fingerprint density at radius 3 is 2.52 bits per heavy atom. The van der Waals surface area contributed by atoms with E-state index in [1.165, 1.54) is 6.07 Å². The number of fused-ring (bicyclic) bond motifs is 1. The van der Waals surface area contributed by atoms with Crippen molar-refractivity contribution in [3.63, 3.8) is 0 Å². The van der Waals surface area contributed by atoms with Crippen LogP contribution in [0.15, 0.2) is 27.5 Å². The maximum atomic E-state index is 12.5. The molecule has 0 aliphatic heterocycles. The SMILES string of the molecule is Cc1ccc(S(=O)(=O)NC(=O)c2oc3c(c2C)C(=O)CCC3)c(C)c1. The highest BCUT2D eigenvalue weighted by atomic mass is 32.2. The molecule has 1 aliphatic carbocycles. The maximum absolute atomic E-state index is 12.5. The van der Waals surface area contributed by atoms with Crippen molar-refractivity contribution in [2.75, 3.05) is 0 Å². The van der Waals surface area contributed by atoms with Crippen molar-refractivity contribution in [2.45, 2.75) is 44.9 Å². The highest BCUT2D eigenvalue weighted by Crippen LogP contribution is 2.29. The Morgan fingerprint density at radius 2 is 1.88 bits per heavy atom. The van der Waals surface area contributed by atoms with Gasteiger partial charge in [0.15, 0.2) is 11.5 Å². The summed E-state index contributed by atoms with van der Waals surface area (Å²) < 4.78 is 32.6. The van der Waals surface area contributed by atoms with Crippen molar-refractivity contribution in [2.24, 2.45) is 0 Å². The molecule has 132 valence electrons. The van der Waals surface area contributed by atoms with Crippen LogP contribution >= 0.6 is 0 Å². The quantitative estimate of drug-likeness (QED) is 0.907. The predicted octanol–water partition coefficient (Wildman–Crippen LogP) is 2.84. The van der Waals surface area contributed by atoms with Crippen LogP contribution in [-0.2, 0) is 16.4 Å². The number of carbonyl (C=O) groups excluding carboxylic acids is 2. The summed E-state index contributed by atoms with van der Waals surface area (Å²) in [4.78, 5) is 24.5. The Morgan fingerprint density at radius 1 is 1.16 bits per heavy atom. The molecular formula is C18H19NO5S. The lowest BCUT2D eigenvalue weighted by molar-refractivity contribution is 0.0944. The van der Waals surface area contributed by atoms with E-state index in [1.807, 2.05) is 11.6 Å². The lowest BCUT2D eigenvalue weighted by Crippen LogP contribution is -2.31. The first-order valence-electron chi connectivity index (χ1n) is 8.00. The largest absolute Gasteiger partial charge is 0.455 e. The number of aryl methyl sites for hydroxylation is 3. The van der Waals surface area contributed by atoms with E-state index in [4.69, 9.17) is 4.42 Å². The highest BCUT2D eigenvalue weighted by molar-refractivity contribution is 7.90. The standard InChI is InChI=1S/C18H19NO5S/c1-10-7-8-15(11(2)9-10)25(22,23)19-18(21)17-12(3)16-13(20)5-4-6-14(16)24-17/h7-9H,4-6H2,1-3H3,(H,19,21). The molecule has 1 aromatic heterocycles. The second kappa shape index (κ2) is 6.15. The van der Waals surface area contributed by atoms with Crippen molar-refractivity contribution >= 4 is 21.7 Å². The molecule has 0 atom stereocenters. The number of amides is 1. The molecule has 1 aromatic carbocycles. The minimum absolute atomic E-state index is 0.0384. The van der Waals surface area contributed by atoms with Crippen LogP contribution in [0.5, 0.6) is 0 Å². The second-order valence-electron chi connectivity index (χ2n) is 6.33. The van der Waals surface area contributed by atoms with Crippen LogP contribution in [0.2, 0.25) is 0 Å². The first-order chi connectivity index (χ1) is 11.7. The summed E-state index contributed by atoms with van der Waals surface area (Å²) in [6.45, 7) is 5.13. The van der Waals surface area contributed by atoms with Crippen LogP contribution in [0.1, 0.15) is 56.2 Å². The van der Waals surface area contributed by atoms with Gasteiger partial charge in [0.05, 0.1) is 10.5 Å². The highest BCUT2D eigenvalue weighted by Gasteiger charge is 2.30. The van der Waals surface area contributed by atoms with E-state index in [0.717, 1.165) is 5.56 Å². The van der Waals surface area contributed by atoms with Gasteiger partial charge >= 0.3 is 5.91 Å². The minimum Gasteiger partial charge on any atom is -0.455 e. The van der Waals surface area contributed by atoms with E-state index >= 15 is 0 Å². The van der Waals surface area contributed by atoms with Crippen LogP contribution in [-0.4, -0.2) is 20.1 Å². The fourth-order valence-electron chi connectivity index (χ4n) is 3.19. The number of nitrogens with one attached hydrogen (secondary N) is 1. The third-order valence-electron chi connectivity index (χ3n) is 4.36. The topological polar surface area (TPSA) is 93.4 Å². The van der Waals surface area contributed by atoms with Crippen molar-refractivity contribution < 1.29 is 22.4 Å². The molecule has 0 fully saturated rings. The van der Waals surface area contributed by atoms with Crippen LogP contribution in [0.3, 0.4) is 0 Å². The molecule has 1 amide bonds. The third kappa shape index (κ3) is 3.11. The average Bonchev–Trinajstić information content (AvgIpc) is 2.85. The average molecular weight is 361 g/mol. The Bertz CT molecular complexity index is 985. The number of benzene rings is 1. The van der Waals surface area contributed by atoms with Gasteiger partial charge in [-0.3, -0.25) is 9.59 Å². The van der Waals surface area contributed by atoms with Gasteiger partial charge in [0.25, 0.3) is 10.0 Å². The van der Waals surface area contributed by atoms with Gasteiger partial charge in [-0.05, 0) is 38.8 Å². The van der Waals surface area contributed by atoms with Gasteiger partial charge in [-0.1, -0.05) is 17.7 Å². The fraction of sp³-hybridized carbons (Fsp3) is 0.333. The predicted molar refractivity (Wildman–Crippen MR) is 91.3 cm³/mol. The van der Waals surface area contributed by atoms with E-state index in [9.17, 15) is 18.0 Å². The molecule has 1 heterocycles. The summed E-state index contributed by atoms with van der Waals surface area (Å²) in [5, 5.41) is 0. The van der Waals surface area contributed by atoms with Gasteiger partial charge in [0, 0.05) is 18.4 Å². The van der Waals surface area contributed by atoms with Gasteiger partial charge < -0.3 is 4.42 Å². The number of sulfonamides is 1. The van der Waals surface area contributed by atoms with Crippen molar-refractivity contribution in [3.8, 4) is 0 Å². The zero-order chi connectivity index (χ0) is 18.4. The van der Waals surface area contributed by atoms with E-state index in [2.05, 4.69) is 0 Å². The van der Waals surface area contributed by atoms with Crippen LogP contribution in [0.4, 0.5) is 0 Å². The van der Waals surface area contributed by atoms with Crippen molar-refractivity contribution in [1.82, 2.24) is 4.72 Å². The molecule has 0 saturated carbocycles. The van der Waals surface area contributed by atoms with Gasteiger partial charge in [0.2, 0.25) is 0 Å². The molecule has 25 heavy (non-hydrogen) atoms. The van der Waals surface area contributed by atoms with Gasteiger partial charge in [-0.25, -0.2) is 13.1 Å². The normalized spacial score (nSPS) is 14.3. The summed E-state index contributed by atoms with van der Waals surface area (Å²) in [6.07, 6.45) is 1.65. The second-order valence-corrected chi connectivity index (χ2v) is 7.99. The Kier molecular flexibility index (Phi) is 4.28. The molecule has 0 radical (unpaired) electrons. The number of hydrogen-bond acceptors (Lipinski definition) is 5. The molecule has 0 bridgehead atoms. The van der Waals surface area contributed by atoms with E-state index in [1.54, 1.807) is 26.0 Å². The molecule has 1 N–H and O–H groups in total. The van der Waals surface area contributed by atoms with E-state index in [0.29, 0.717) is 41.7 Å². The Balaban J connectivity index is 1.94. The summed E-state index contributed by atoms with van der Waals surface area (Å²) in [5.41, 5.74) is 2.29. The van der Waals surface area contributed by atoms with E-state index < -0.39 is 15.9 Å². The Hall–Kier alpha value is -2.41. The maximum Gasteiger partial charge on any atom is 0.300 e. The lowest BCUT2D eigenvalue weighted by atomic mass is 9.94. The Labute approximate surface area is 146 Å². The summed E-state index contributed by atoms with van der Waals surface area (Å²) in [5.74, 6) is -0.588. The van der Waals surface area contributed by atoms with Gasteiger partial charge in [-0.2, -0.15) is 0 Å². The molecule has 0 unspecified atom stereocenters. The molecule has 0 saturated heterocycles. The number of rotatable bonds is 3. The number of ketones is 1. The molecular weight excluding hydrogens is 342 g/mol. The summed E-state index contributed by atoms with van der Waals surface area (Å²) >= 11 is 0. The van der Waals surface area contributed by atoms with E-state index in [-0.39, 0.29) is 16.4 Å². The third-order valence-corrected chi connectivity index (χ3v) is 5.85. The number of furan rings is 1. The lowest BCUT2D eigenvalue weighted by Gasteiger charge is -2.09. The molecule has 0 spiro atoms. The number of carbonyl (C=O) groups is 2. The van der Waals surface area contributed by atoms with Crippen LogP contribution in [0, 0.1) is 20.8 Å². The van der Waals surface area contributed by atoms with Gasteiger partial charge in [0.1, 0.15) is 5.76 Å². The number of hydrogen-bond donors (Lipinski definition) is 1. The smallest absolute Gasteiger partial charge is 0.300 e. The van der Waals surface area contributed by atoms with Crippen molar-refractivity contribution in [3.05, 3.63) is 52.0 Å². The molecule has 2 aromatic rings. The van der Waals surface area contributed by atoms with Crippen LogP contribution < -0.4 is 4.72 Å². The number of Topliss-reactive ketones (excluding diaryl/α,β-unsaturated/α-hetero) is 1. The summed E-state index contributed by atoms with van der Waals surface area (Å²) in [6, 6.07) is 4.86. The fourth-order valence-corrected chi connectivity index (χ4v) is 4.37. The van der Waals surface area contributed by atoms with Crippen molar-refractivity contribution in [1.29, 1.82) is 0 Å². The first-order valence-corrected chi connectivity index (χ1v) is 9.49. The van der Waals surface area contributed by atoms with Gasteiger partial charge in [-0.15, -0.1) is 0 Å². The molecule has 1 aliphatic rings. The first kappa shape index (κ1) is 17.4. The molecule has 7 heteroatoms.